The number of anilines is 1. The molecule has 2 rings (SSSR count). The van der Waals surface area contributed by atoms with Crippen molar-refractivity contribution in [1.82, 2.24) is 0 Å². The number of nitro benzene ring substituents is 1. The summed E-state index contributed by atoms with van der Waals surface area (Å²) in [6, 6.07) is 5.32. The molecule has 6 nitrogen and oxygen atoms in total. The smallest absolute Gasteiger partial charge is 0.305 e. The van der Waals surface area contributed by atoms with Gasteiger partial charge in [0.15, 0.2) is 5.78 Å². The van der Waals surface area contributed by atoms with Crippen LogP contribution in [0.1, 0.15) is 13.8 Å². The maximum Gasteiger partial charge on any atom is 0.305 e. The minimum Gasteiger partial charge on any atom is -0.464 e. The fourth-order valence-corrected chi connectivity index (χ4v) is 1.99. The first-order valence-electron chi connectivity index (χ1n) is 6.36. The third kappa shape index (κ3) is 3.38. The van der Waals surface area contributed by atoms with Crippen LogP contribution in [0.3, 0.4) is 0 Å². The molecular formula is C15H13FN2O4. The molecule has 0 unspecified atom stereocenters. The summed E-state index contributed by atoms with van der Waals surface area (Å²) >= 11 is 0. The van der Waals surface area contributed by atoms with Gasteiger partial charge in [-0.2, -0.15) is 4.39 Å². The summed E-state index contributed by atoms with van der Waals surface area (Å²) in [5.74, 6) is -0.799. The molecule has 114 valence electrons. The van der Waals surface area contributed by atoms with Gasteiger partial charge in [-0.3, -0.25) is 14.9 Å². The molecule has 0 saturated heterocycles. The van der Waals surface area contributed by atoms with E-state index < -0.39 is 16.4 Å². The number of carbonyl (C=O) groups is 1. The number of nitrogens with zero attached hydrogens (tertiary/aromatic N) is 1. The van der Waals surface area contributed by atoms with Crippen molar-refractivity contribution in [1.29, 1.82) is 0 Å². The Balaban J connectivity index is 2.55. The van der Waals surface area contributed by atoms with E-state index in [4.69, 9.17) is 4.42 Å². The molecule has 0 aliphatic carbocycles. The van der Waals surface area contributed by atoms with E-state index in [0.717, 1.165) is 12.1 Å². The summed E-state index contributed by atoms with van der Waals surface area (Å²) in [6.45, 7) is 3.02. The number of carbonyl (C=O) groups excluding carboxylic acids is 1. The van der Waals surface area contributed by atoms with Crippen molar-refractivity contribution in [3.8, 4) is 11.3 Å². The summed E-state index contributed by atoms with van der Waals surface area (Å²) < 4.78 is 19.1. The highest BCUT2D eigenvalue weighted by atomic mass is 19.1. The van der Waals surface area contributed by atoms with E-state index >= 15 is 0 Å². The number of hydrogen-bond donors (Lipinski definition) is 1. The number of furan rings is 1. The molecular weight excluding hydrogens is 291 g/mol. The first kappa shape index (κ1) is 15.4. The van der Waals surface area contributed by atoms with Crippen molar-refractivity contribution < 1.29 is 18.5 Å². The first-order valence-corrected chi connectivity index (χ1v) is 6.36. The average Bonchev–Trinajstić information content (AvgIpc) is 2.91. The zero-order valence-corrected chi connectivity index (χ0v) is 11.9. The van der Waals surface area contributed by atoms with E-state index in [-0.39, 0.29) is 11.5 Å². The molecule has 1 N–H and O–H groups in total. The van der Waals surface area contributed by atoms with Crippen molar-refractivity contribution >= 4 is 17.2 Å². The number of benzene rings is 1. The zero-order valence-electron chi connectivity index (χ0n) is 11.9. The highest BCUT2D eigenvalue weighted by Crippen LogP contribution is 2.34. The highest BCUT2D eigenvalue weighted by Gasteiger charge is 2.20. The molecule has 1 aromatic carbocycles. The molecule has 22 heavy (non-hydrogen) atoms. The SMILES string of the molecule is CC(=O)C=C(C)Nc1cc(F)c([N+](=O)[O-])cc1-c1ccco1. The van der Waals surface area contributed by atoms with Gasteiger partial charge in [0.2, 0.25) is 5.82 Å². The molecule has 0 spiro atoms. The van der Waals surface area contributed by atoms with Crippen molar-refractivity contribution in [2.45, 2.75) is 13.8 Å². The minimum absolute atomic E-state index is 0.174. The van der Waals surface area contributed by atoms with Crippen LogP contribution in [0.25, 0.3) is 11.3 Å². The van der Waals surface area contributed by atoms with Crippen LogP contribution in [0, 0.1) is 15.9 Å². The lowest BCUT2D eigenvalue weighted by molar-refractivity contribution is -0.387. The van der Waals surface area contributed by atoms with Crippen LogP contribution in [-0.2, 0) is 4.79 Å². The maximum atomic E-state index is 13.8. The number of nitrogens with one attached hydrogen (secondary N) is 1. The predicted octanol–water partition coefficient (Wildman–Crippen LogP) is 3.90. The summed E-state index contributed by atoms with van der Waals surface area (Å²) in [6.07, 6.45) is 2.75. The van der Waals surface area contributed by atoms with Gasteiger partial charge in [0.25, 0.3) is 0 Å². The van der Waals surface area contributed by atoms with E-state index in [2.05, 4.69) is 5.32 Å². The zero-order chi connectivity index (χ0) is 16.3. The number of ketones is 1. The van der Waals surface area contributed by atoms with Crippen molar-refractivity contribution in [3.05, 3.63) is 58.2 Å². The molecule has 0 aliphatic rings. The Morgan fingerprint density at radius 1 is 1.41 bits per heavy atom. The van der Waals surface area contributed by atoms with Gasteiger partial charge < -0.3 is 9.73 Å². The van der Waals surface area contributed by atoms with Crippen LogP contribution in [0.2, 0.25) is 0 Å². The fourth-order valence-electron chi connectivity index (χ4n) is 1.99. The summed E-state index contributed by atoms with van der Waals surface area (Å²) in [5.41, 5.74) is 0.432. The van der Waals surface area contributed by atoms with Crippen molar-refractivity contribution in [3.63, 3.8) is 0 Å². The van der Waals surface area contributed by atoms with Gasteiger partial charge in [-0.05, 0) is 32.1 Å². The molecule has 0 aliphatic heterocycles. The van der Waals surface area contributed by atoms with Crippen LogP contribution >= 0.6 is 0 Å². The standard InChI is InChI=1S/C15H13FN2O4/c1-9(6-10(2)19)17-13-8-12(16)14(18(20)21)7-11(13)15-4-3-5-22-15/h3-8,17H,1-2H3. The lowest BCUT2D eigenvalue weighted by Gasteiger charge is -2.11. The van der Waals surface area contributed by atoms with Gasteiger partial charge in [-0.15, -0.1) is 0 Å². The van der Waals surface area contributed by atoms with E-state index in [0.29, 0.717) is 17.0 Å². The maximum absolute atomic E-state index is 13.8. The Morgan fingerprint density at radius 3 is 2.68 bits per heavy atom. The second-order valence-electron chi connectivity index (χ2n) is 4.65. The summed E-state index contributed by atoms with van der Waals surface area (Å²) in [4.78, 5) is 21.1. The summed E-state index contributed by atoms with van der Waals surface area (Å²) in [5, 5.41) is 13.7. The Kier molecular flexibility index (Phi) is 4.36. The van der Waals surface area contributed by atoms with Crippen molar-refractivity contribution in [2.75, 3.05) is 5.32 Å². The molecule has 0 fully saturated rings. The number of nitro groups is 1. The average molecular weight is 304 g/mol. The lowest BCUT2D eigenvalue weighted by Crippen LogP contribution is -2.02. The van der Waals surface area contributed by atoms with Gasteiger partial charge in [0, 0.05) is 23.4 Å². The third-order valence-electron chi connectivity index (χ3n) is 2.82. The number of rotatable bonds is 5. The Labute approximate surface area is 125 Å². The van der Waals surface area contributed by atoms with Crippen molar-refractivity contribution in [2.24, 2.45) is 0 Å². The minimum atomic E-state index is -0.974. The third-order valence-corrected chi connectivity index (χ3v) is 2.82. The normalized spacial score (nSPS) is 11.3. The molecule has 0 radical (unpaired) electrons. The van der Waals surface area contributed by atoms with E-state index in [9.17, 15) is 19.3 Å². The molecule has 7 heteroatoms. The second-order valence-corrected chi connectivity index (χ2v) is 4.65. The molecule has 1 aromatic heterocycles. The topological polar surface area (TPSA) is 85.4 Å². The van der Waals surface area contributed by atoms with Gasteiger partial charge in [-0.25, -0.2) is 0 Å². The van der Waals surface area contributed by atoms with Gasteiger partial charge in [0.1, 0.15) is 5.76 Å². The lowest BCUT2D eigenvalue weighted by atomic mass is 10.1. The Hall–Kier alpha value is -2.96. The fraction of sp³-hybridized carbons (Fsp3) is 0.133. The molecule has 1 heterocycles. The Bertz CT molecular complexity index is 751. The second kappa shape index (κ2) is 6.21. The van der Waals surface area contributed by atoms with Crippen LogP contribution in [0.15, 0.2) is 46.7 Å². The van der Waals surface area contributed by atoms with E-state index in [1.54, 1.807) is 19.1 Å². The van der Waals surface area contributed by atoms with E-state index in [1.165, 1.54) is 19.3 Å². The van der Waals surface area contributed by atoms with E-state index in [1.807, 2.05) is 0 Å². The van der Waals surface area contributed by atoms with Gasteiger partial charge >= 0.3 is 5.69 Å². The Morgan fingerprint density at radius 2 is 2.14 bits per heavy atom. The summed E-state index contributed by atoms with van der Waals surface area (Å²) in [7, 11) is 0. The molecule has 0 amide bonds. The largest absolute Gasteiger partial charge is 0.464 e. The molecule has 0 saturated carbocycles. The van der Waals surface area contributed by atoms with Gasteiger partial charge in [0.05, 0.1) is 16.9 Å². The number of hydrogen-bond acceptors (Lipinski definition) is 5. The van der Waals surface area contributed by atoms with Crippen LogP contribution < -0.4 is 5.32 Å². The highest BCUT2D eigenvalue weighted by molar-refractivity contribution is 5.89. The monoisotopic (exact) mass is 304 g/mol. The van der Waals surface area contributed by atoms with Crippen LogP contribution in [0.4, 0.5) is 15.8 Å². The van der Waals surface area contributed by atoms with Crippen LogP contribution in [0.5, 0.6) is 0 Å². The predicted molar refractivity (Wildman–Crippen MR) is 78.8 cm³/mol. The number of allylic oxidation sites excluding steroid dienone is 2. The van der Waals surface area contributed by atoms with Crippen LogP contribution in [-0.4, -0.2) is 10.7 Å². The first-order chi connectivity index (χ1) is 10.4. The number of halogens is 1. The van der Waals surface area contributed by atoms with Gasteiger partial charge in [-0.1, -0.05) is 0 Å². The molecule has 0 atom stereocenters. The molecule has 0 bridgehead atoms. The quantitative estimate of drug-likeness (QED) is 0.514. The molecule has 2 aromatic rings.